The first-order valence-electron chi connectivity index (χ1n) is 5.34. The molecule has 1 atom stereocenters. The maximum Gasteiger partial charge on any atom is 0.260 e. The maximum atomic E-state index is 11.9. The minimum atomic E-state index is -1.51. The van der Waals surface area contributed by atoms with Crippen LogP contribution in [0.1, 0.15) is 11.3 Å². The third-order valence-corrected chi connectivity index (χ3v) is 3.71. The Morgan fingerprint density at radius 3 is 2.71 bits per heavy atom. The maximum absolute atomic E-state index is 11.9. The van der Waals surface area contributed by atoms with Gasteiger partial charge >= 0.3 is 0 Å². The summed E-state index contributed by atoms with van der Waals surface area (Å²) >= 11 is -1.51. The molecular weight excluding hydrogens is 234 g/mol. The van der Waals surface area contributed by atoms with Crippen LogP contribution in [0.25, 0.3) is 11.1 Å². The Kier molecular flexibility index (Phi) is 2.26. The molecule has 0 spiro atoms. The largest absolute Gasteiger partial charge is 0.395 e. The molecule has 0 saturated heterocycles. The number of fused-ring (bicyclic) bond motifs is 3. The van der Waals surface area contributed by atoms with Gasteiger partial charge < -0.3 is 4.18 Å². The lowest BCUT2D eigenvalue weighted by Crippen LogP contribution is -2.11. The normalized spacial score (nSPS) is 16.9. The molecule has 3 nitrogen and oxygen atoms in total. The summed E-state index contributed by atoms with van der Waals surface area (Å²) in [6.45, 7) is 3.86. The van der Waals surface area contributed by atoms with Crippen LogP contribution in [0.3, 0.4) is 0 Å². The van der Waals surface area contributed by atoms with Crippen LogP contribution < -0.4 is 4.18 Å². The van der Waals surface area contributed by atoms with Gasteiger partial charge in [0.25, 0.3) is 11.1 Å². The Balaban J connectivity index is 2.30. The molecule has 0 fully saturated rings. The van der Waals surface area contributed by atoms with Crippen molar-refractivity contribution in [3.63, 3.8) is 0 Å². The highest BCUT2D eigenvalue weighted by molar-refractivity contribution is 7.80. The van der Waals surface area contributed by atoms with Crippen LogP contribution in [0.5, 0.6) is 5.75 Å². The van der Waals surface area contributed by atoms with Gasteiger partial charge in [-0.2, -0.15) is 0 Å². The Morgan fingerprint density at radius 1 is 1.12 bits per heavy atom. The van der Waals surface area contributed by atoms with E-state index in [1.807, 2.05) is 44.2 Å². The standard InChI is InChI=1S/C13H11NO2S/c1-8-3-5-10-11-6-4-9(2)14-13(11)17(15)16-12(10)7-8/h3-7H,1-2H3. The molecule has 1 aromatic carbocycles. The highest BCUT2D eigenvalue weighted by Crippen LogP contribution is 2.38. The number of aryl methyl sites for hydroxylation is 2. The highest BCUT2D eigenvalue weighted by Gasteiger charge is 2.24. The van der Waals surface area contributed by atoms with Crippen LogP contribution in [-0.2, 0) is 11.1 Å². The van der Waals surface area contributed by atoms with E-state index in [2.05, 4.69) is 4.98 Å². The molecular formula is C13H11NO2S. The summed E-state index contributed by atoms with van der Waals surface area (Å²) in [6.07, 6.45) is 0. The molecule has 1 aliphatic heterocycles. The Hall–Kier alpha value is -1.68. The van der Waals surface area contributed by atoms with Gasteiger partial charge in [-0.25, -0.2) is 9.19 Å². The third-order valence-electron chi connectivity index (χ3n) is 2.75. The smallest absolute Gasteiger partial charge is 0.260 e. The predicted molar refractivity (Wildman–Crippen MR) is 66.2 cm³/mol. The van der Waals surface area contributed by atoms with Crippen molar-refractivity contribution < 1.29 is 8.39 Å². The molecule has 2 aromatic rings. The molecule has 3 rings (SSSR count). The number of pyridine rings is 1. The first kappa shape index (κ1) is 10.5. The fourth-order valence-electron chi connectivity index (χ4n) is 1.91. The Bertz CT molecular complexity index is 637. The highest BCUT2D eigenvalue weighted by atomic mass is 32.2. The van der Waals surface area contributed by atoms with Gasteiger partial charge in [-0.1, -0.05) is 12.1 Å². The van der Waals surface area contributed by atoms with Crippen LogP contribution in [0.2, 0.25) is 0 Å². The lowest BCUT2D eigenvalue weighted by atomic mass is 10.0. The second-order valence-electron chi connectivity index (χ2n) is 4.12. The average molecular weight is 245 g/mol. The van der Waals surface area contributed by atoms with E-state index >= 15 is 0 Å². The molecule has 0 bridgehead atoms. The fraction of sp³-hybridized carbons (Fsp3) is 0.154. The second-order valence-corrected chi connectivity index (χ2v) is 5.15. The van der Waals surface area contributed by atoms with Crippen molar-refractivity contribution in [1.29, 1.82) is 0 Å². The van der Waals surface area contributed by atoms with Crippen LogP contribution in [0.15, 0.2) is 35.4 Å². The first-order chi connectivity index (χ1) is 8.15. The predicted octanol–water partition coefficient (Wildman–Crippen LogP) is 2.78. The molecule has 1 aliphatic rings. The van der Waals surface area contributed by atoms with Gasteiger partial charge in [-0.15, -0.1) is 0 Å². The molecule has 17 heavy (non-hydrogen) atoms. The topological polar surface area (TPSA) is 39.2 Å². The molecule has 0 aliphatic carbocycles. The summed E-state index contributed by atoms with van der Waals surface area (Å²) in [5.41, 5.74) is 3.79. The molecule has 0 radical (unpaired) electrons. The molecule has 0 saturated carbocycles. The third kappa shape index (κ3) is 1.65. The molecule has 4 heteroatoms. The number of nitrogens with zero attached hydrogens (tertiary/aromatic N) is 1. The van der Waals surface area contributed by atoms with E-state index in [9.17, 15) is 4.21 Å². The van der Waals surface area contributed by atoms with Crippen LogP contribution in [-0.4, -0.2) is 9.19 Å². The van der Waals surface area contributed by atoms with Gasteiger partial charge in [0.2, 0.25) is 0 Å². The van der Waals surface area contributed by atoms with Crippen molar-refractivity contribution in [3.8, 4) is 16.9 Å². The molecule has 0 N–H and O–H groups in total. The van der Waals surface area contributed by atoms with E-state index in [1.54, 1.807) is 0 Å². The molecule has 2 heterocycles. The van der Waals surface area contributed by atoms with E-state index in [0.717, 1.165) is 22.4 Å². The van der Waals surface area contributed by atoms with Gasteiger partial charge in [0.05, 0.1) is 0 Å². The molecule has 0 amide bonds. The van der Waals surface area contributed by atoms with Gasteiger partial charge in [-0.05, 0) is 37.6 Å². The number of aromatic nitrogens is 1. The molecule has 1 unspecified atom stereocenters. The second kappa shape index (κ2) is 3.67. The molecule has 1 aromatic heterocycles. The Labute approximate surface area is 102 Å². The van der Waals surface area contributed by atoms with Crippen LogP contribution in [0, 0.1) is 13.8 Å². The van der Waals surface area contributed by atoms with Gasteiger partial charge in [0.1, 0.15) is 5.75 Å². The zero-order chi connectivity index (χ0) is 12.0. The van der Waals surface area contributed by atoms with E-state index in [0.29, 0.717) is 10.8 Å². The minimum Gasteiger partial charge on any atom is -0.395 e. The summed E-state index contributed by atoms with van der Waals surface area (Å²) in [6, 6.07) is 9.77. The van der Waals surface area contributed by atoms with Crippen molar-refractivity contribution in [2.75, 3.05) is 0 Å². The van der Waals surface area contributed by atoms with Crippen molar-refractivity contribution in [2.45, 2.75) is 18.9 Å². The average Bonchev–Trinajstić information content (AvgIpc) is 2.29. The van der Waals surface area contributed by atoms with E-state index in [1.165, 1.54) is 0 Å². The lowest BCUT2D eigenvalue weighted by molar-refractivity contribution is 0.553. The van der Waals surface area contributed by atoms with Crippen molar-refractivity contribution in [2.24, 2.45) is 0 Å². The number of hydrogen-bond acceptors (Lipinski definition) is 3. The number of hydrogen-bond donors (Lipinski definition) is 0. The van der Waals surface area contributed by atoms with Crippen molar-refractivity contribution >= 4 is 11.1 Å². The Morgan fingerprint density at radius 2 is 1.88 bits per heavy atom. The van der Waals surface area contributed by atoms with E-state index < -0.39 is 11.1 Å². The quantitative estimate of drug-likeness (QED) is 0.716. The SMILES string of the molecule is Cc1ccc2c(c1)OS(=O)c1nc(C)ccc1-2. The summed E-state index contributed by atoms with van der Waals surface area (Å²) in [5.74, 6) is 0.668. The summed E-state index contributed by atoms with van der Waals surface area (Å²) in [4.78, 5) is 4.29. The zero-order valence-electron chi connectivity index (χ0n) is 9.56. The van der Waals surface area contributed by atoms with Gasteiger partial charge in [0, 0.05) is 16.8 Å². The zero-order valence-corrected chi connectivity index (χ0v) is 10.4. The minimum absolute atomic E-state index is 0.515. The number of benzene rings is 1. The van der Waals surface area contributed by atoms with Gasteiger partial charge in [-0.3, -0.25) is 0 Å². The fourth-order valence-corrected chi connectivity index (χ4v) is 2.86. The number of rotatable bonds is 0. The summed E-state index contributed by atoms with van der Waals surface area (Å²) in [7, 11) is 0. The van der Waals surface area contributed by atoms with Crippen LogP contribution >= 0.6 is 0 Å². The van der Waals surface area contributed by atoms with E-state index in [4.69, 9.17) is 4.18 Å². The van der Waals surface area contributed by atoms with Crippen molar-refractivity contribution in [3.05, 3.63) is 41.6 Å². The monoisotopic (exact) mass is 245 g/mol. The van der Waals surface area contributed by atoms with E-state index in [-0.39, 0.29) is 0 Å². The first-order valence-corrected chi connectivity index (χ1v) is 6.41. The lowest BCUT2D eigenvalue weighted by Gasteiger charge is -2.18. The van der Waals surface area contributed by atoms with Crippen molar-refractivity contribution in [1.82, 2.24) is 4.98 Å². The van der Waals surface area contributed by atoms with Gasteiger partial charge in [0.15, 0.2) is 5.03 Å². The summed E-state index contributed by atoms with van der Waals surface area (Å²) in [5, 5.41) is 0.515. The molecule has 86 valence electrons. The van der Waals surface area contributed by atoms with Crippen LogP contribution in [0.4, 0.5) is 0 Å². The summed E-state index contributed by atoms with van der Waals surface area (Å²) < 4.78 is 17.3.